The second kappa shape index (κ2) is 5.93. The molecule has 0 saturated heterocycles. The van der Waals surface area contributed by atoms with E-state index in [4.69, 9.17) is 16.3 Å². The Bertz CT molecular complexity index is 567. The number of pyridine rings is 1. The first-order valence-corrected chi connectivity index (χ1v) is 6.47. The van der Waals surface area contributed by atoms with E-state index in [0.717, 1.165) is 28.3 Å². The number of nitrogens with one attached hydrogen (secondary N) is 1. The summed E-state index contributed by atoms with van der Waals surface area (Å²) in [7, 11) is 1.64. The molecule has 0 amide bonds. The van der Waals surface area contributed by atoms with E-state index >= 15 is 0 Å². The number of aryl methyl sites for hydroxylation is 2. The maximum Gasteiger partial charge on any atom is 0.143 e. The summed E-state index contributed by atoms with van der Waals surface area (Å²) in [5, 5.41) is 4.03. The fraction of sp³-hybridized carbons (Fsp3) is 0.267. The van der Waals surface area contributed by atoms with E-state index in [0.29, 0.717) is 11.6 Å². The summed E-state index contributed by atoms with van der Waals surface area (Å²) in [6.45, 7) is 4.64. The van der Waals surface area contributed by atoms with Crippen molar-refractivity contribution < 1.29 is 4.74 Å². The van der Waals surface area contributed by atoms with Gasteiger partial charge in [0, 0.05) is 17.3 Å². The molecule has 4 heteroatoms. The van der Waals surface area contributed by atoms with E-state index in [1.165, 1.54) is 0 Å². The molecule has 0 bridgehead atoms. The first-order valence-electron chi connectivity index (χ1n) is 6.09. The van der Waals surface area contributed by atoms with Gasteiger partial charge in [-0.25, -0.2) is 0 Å². The van der Waals surface area contributed by atoms with Crippen LogP contribution in [0.25, 0.3) is 0 Å². The molecule has 2 rings (SSSR count). The molecule has 0 fully saturated rings. The zero-order chi connectivity index (χ0) is 13.8. The van der Waals surface area contributed by atoms with Gasteiger partial charge in [-0.15, -0.1) is 0 Å². The van der Waals surface area contributed by atoms with Crippen molar-refractivity contribution in [2.45, 2.75) is 20.4 Å². The van der Waals surface area contributed by atoms with Crippen LogP contribution in [0, 0.1) is 13.8 Å². The highest BCUT2D eigenvalue weighted by atomic mass is 35.5. The molecule has 0 aliphatic rings. The normalized spacial score (nSPS) is 10.3. The zero-order valence-electron chi connectivity index (χ0n) is 11.3. The molecule has 19 heavy (non-hydrogen) atoms. The van der Waals surface area contributed by atoms with Crippen LogP contribution in [0.15, 0.2) is 30.5 Å². The van der Waals surface area contributed by atoms with Crippen molar-refractivity contribution in [1.29, 1.82) is 0 Å². The summed E-state index contributed by atoms with van der Waals surface area (Å²) in [5.74, 6) is 0.739. The minimum Gasteiger partial charge on any atom is -0.495 e. The van der Waals surface area contributed by atoms with Crippen LogP contribution in [0.2, 0.25) is 5.02 Å². The molecular weight excluding hydrogens is 260 g/mol. The SMILES string of the molecule is COc1cc(Cl)c(C)cc1NCc1ccc(C)cn1. The molecule has 0 saturated carbocycles. The van der Waals surface area contributed by atoms with Crippen molar-refractivity contribution in [3.05, 3.63) is 52.3 Å². The number of halogens is 1. The van der Waals surface area contributed by atoms with Crippen LogP contribution in [-0.4, -0.2) is 12.1 Å². The lowest BCUT2D eigenvalue weighted by Crippen LogP contribution is -2.03. The number of rotatable bonds is 4. The maximum atomic E-state index is 6.08. The summed E-state index contributed by atoms with van der Waals surface area (Å²) >= 11 is 6.08. The summed E-state index contributed by atoms with van der Waals surface area (Å²) in [5.41, 5.74) is 4.08. The molecule has 0 aliphatic carbocycles. The Labute approximate surface area is 118 Å². The number of anilines is 1. The molecule has 1 aromatic carbocycles. The fourth-order valence-corrected chi connectivity index (χ4v) is 1.91. The van der Waals surface area contributed by atoms with E-state index in [-0.39, 0.29) is 0 Å². The predicted molar refractivity (Wildman–Crippen MR) is 79.0 cm³/mol. The van der Waals surface area contributed by atoms with Gasteiger partial charge in [-0.1, -0.05) is 17.7 Å². The van der Waals surface area contributed by atoms with Gasteiger partial charge in [0.05, 0.1) is 25.0 Å². The van der Waals surface area contributed by atoms with Crippen molar-refractivity contribution in [1.82, 2.24) is 4.98 Å². The molecule has 1 heterocycles. The molecular formula is C15H17ClN2O. The van der Waals surface area contributed by atoms with Crippen LogP contribution in [0.5, 0.6) is 5.75 Å². The van der Waals surface area contributed by atoms with Gasteiger partial charge in [0.25, 0.3) is 0 Å². The van der Waals surface area contributed by atoms with Crippen molar-refractivity contribution >= 4 is 17.3 Å². The Morgan fingerprint density at radius 3 is 2.68 bits per heavy atom. The van der Waals surface area contributed by atoms with Crippen molar-refractivity contribution in [3.63, 3.8) is 0 Å². The van der Waals surface area contributed by atoms with E-state index in [2.05, 4.69) is 10.3 Å². The number of hydrogen-bond acceptors (Lipinski definition) is 3. The van der Waals surface area contributed by atoms with Gasteiger partial charge in [0.1, 0.15) is 5.75 Å². The highest BCUT2D eigenvalue weighted by Crippen LogP contribution is 2.31. The molecule has 0 unspecified atom stereocenters. The van der Waals surface area contributed by atoms with Crippen LogP contribution in [0.3, 0.4) is 0 Å². The molecule has 0 spiro atoms. The van der Waals surface area contributed by atoms with E-state index in [9.17, 15) is 0 Å². The smallest absolute Gasteiger partial charge is 0.143 e. The Morgan fingerprint density at radius 1 is 1.26 bits per heavy atom. The Balaban J connectivity index is 2.14. The largest absolute Gasteiger partial charge is 0.495 e. The Kier molecular flexibility index (Phi) is 4.27. The Hall–Kier alpha value is -1.74. The summed E-state index contributed by atoms with van der Waals surface area (Å²) in [6, 6.07) is 7.86. The minimum atomic E-state index is 0.651. The third kappa shape index (κ3) is 3.38. The number of methoxy groups -OCH3 is 1. The number of nitrogens with zero attached hydrogens (tertiary/aromatic N) is 1. The predicted octanol–water partition coefficient (Wildman–Crippen LogP) is 3.97. The molecule has 0 atom stereocenters. The van der Waals surface area contributed by atoms with Crippen LogP contribution < -0.4 is 10.1 Å². The van der Waals surface area contributed by atoms with Gasteiger partial charge >= 0.3 is 0 Å². The third-order valence-electron chi connectivity index (χ3n) is 2.91. The summed E-state index contributed by atoms with van der Waals surface area (Å²) in [6.07, 6.45) is 1.86. The first-order chi connectivity index (χ1) is 9.10. The molecule has 1 aromatic heterocycles. The molecule has 100 valence electrons. The average molecular weight is 277 g/mol. The van der Waals surface area contributed by atoms with E-state index in [1.54, 1.807) is 7.11 Å². The standard InChI is InChI=1S/C15H17ClN2O/c1-10-4-5-12(17-8-10)9-18-14-6-11(2)13(16)7-15(14)19-3/h4-8,18H,9H2,1-3H3. The summed E-state index contributed by atoms with van der Waals surface area (Å²) < 4.78 is 5.32. The van der Waals surface area contributed by atoms with E-state index in [1.807, 2.05) is 44.3 Å². The lowest BCUT2D eigenvalue weighted by Gasteiger charge is -2.13. The lowest BCUT2D eigenvalue weighted by atomic mass is 10.2. The monoisotopic (exact) mass is 276 g/mol. The van der Waals surface area contributed by atoms with Gasteiger partial charge in [-0.2, -0.15) is 0 Å². The van der Waals surface area contributed by atoms with Crippen molar-refractivity contribution in [3.8, 4) is 5.75 Å². The molecule has 3 nitrogen and oxygen atoms in total. The van der Waals surface area contributed by atoms with E-state index < -0.39 is 0 Å². The minimum absolute atomic E-state index is 0.651. The number of hydrogen-bond donors (Lipinski definition) is 1. The van der Waals surface area contributed by atoms with Gasteiger partial charge in [0.2, 0.25) is 0 Å². The van der Waals surface area contributed by atoms with Crippen LogP contribution >= 0.6 is 11.6 Å². The number of benzene rings is 1. The second-order valence-electron chi connectivity index (χ2n) is 4.48. The first kappa shape index (κ1) is 13.7. The number of ether oxygens (including phenoxy) is 1. The molecule has 2 aromatic rings. The Morgan fingerprint density at radius 2 is 2.05 bits per heavy atom. The maximum absolute atomic E-state index is 6.08. The quantitative estimate of drug-likeness (QED) is 0.917. The van der Waals surface area contributed by atoms with Gasteiger partial charge < -0.3 is 10.1 Å². The van der Waals surface area contributed by atoms with Gasteiger partial charge in [0.15, 0.2) is 0 Å². The summed E-state index contributed by atoms with van der Waals surface area (Å²) in [4.78, 5) is 4.36. The van der Waals surface area contributed by atoms with Crippen LogP contribution in [0.1, 0.15) is 16.8 Å². The van der Waals surface area contributed by atoms with Crippen LogP contribution in [0.4, 0.5) is 5.69 Å². The van der Waals surface area contributed by atoms with Gasteiger partial charge in [-0.3, -0.25) is 4.98 Å². The zero-order valence-corrected chi connectivity index (χ0v) is 12.1. The number of aromatic nitrogens is 1. The highest BCUT2D eigenvalue weighted by molar-refractivity contribution is 6.31. The third-order valence-corrected chi connectivity index (χ3v) is 3.32. The molecule has 1 N–H and O–H groups in total. The lowest BCUT2D eigenvalue weighted by molar-refractivity contribution is 0.416. The van der Waals surface area contributed by atoms with Crippen molar-refractivity contribution in [2.75, 3.05) is 12.4 Å². The van der Waals surface area contributed by atoms with Gasteiger partial charge in [-0.05, 0) is 37.1 Å². The highest BCUT2D eigenvalue weighted by Gasteiger charge is 2.06. The molecule has 0 aliphatic heterocycles. The fourth-order valence-electron chi connectivity index (χ4n) is 1.76. The topological polar surface area (TPSA) is 34.1 Å². The van der Waals surface area contributed by atoms with Crippen LogP contribution in [-0.2, 0) is 6.54 Å². The van der Waals surface area contributed by atoms with Crippen molar-refractivity contribution in [2.24, 2.45) is 0 Å². The average Bonchev–Trinajstić information content (AvgIpc) is 2.41. The second-order valence-corrected chi connectivity index (χ2v) is 4.89. The molecule has 0 radical (unpaired) electrons.